The average molecular weight is 376 g/mol. The summed E-state index contributed by atoms with van der Waals surface area (Å²) in [5, 5.41) is 2.72. The molecule has 1 atom stereocenters. The second kappa shape index (κ2) is 12.4. The van der Waals surface area contributed by atoms with E-state index in [-0.39, 0.29) is 18.4 Å². The van der Waals surface area contributed by atoms with E-state index in [1.165, 1.54) is 72.4 Å². The molecule has 2 heteroatoms. The summed E-state index contributed by atoms with van der Waals surface area (Å²) >= 11 is 0. The normalized spacial score (nSPS) is 12.2. The second-order valence-corrected chi connectivity index (χ2v) is 7.37. The summed E-state index contributed by atoms with van der Waals surface area (Å²) < 4.78 is 0. The third-order valence-electron chi connectivity index (χ3n) is 5.52. The zero-order valence-corrected chi connectivity index (χ0v) is 17.8. The molecule has 146 valence electrons. The van der Waals surface area contributed by atoms with E-state index in [0.29, 0.717) is 0 Å². The SMILES string of the molecule is CCCCCCCCCC(N)c1c(CC)c(CC)cc2ccccc12.Cl. The Morgan fingerprint density at radius 1 is 0.846 bits per heavy atom. The van der Waals surface area contributed by atoms with Gasteiger partial charge in [0.25, 0.3) is 0 Å². The predicted molar refractivity (Wildman–Crippen MR) is 119 cm³/mol. The molecule has 0 aliphatic carbocycles. The first-order chi connectivity index (χ1) is 12.2. The van der Waals surface area contributed by atoms with E-state index in [4.69, 9.17) is 5.73 Å². The number of hydrogen-bond donors (Lipinski definition) is 1. The number of fused-ring (bicyclic) bond motifs is 1. The minimum atomic E-state index is 0. The van der Waals surface area contributed by atoms with Crippen molar-refractivity contribution in [3.8, 4) is 0 Å². The quantitative estimate of drug-likeness (QED) is 0.403. The van der Waals surface area contributed by atoms with Crippen LogP contribution in [0.2, 0.25) is 0 Å². The smallest absolute Gasteiger partial charge is 0.0303 e. The lowest BCUT2D eigenvalue weighted by molar-refractivity contribution is 0.540. The molecular weight excluding hydrogens is 338 g/mol. The Balaban J connectivity index is 0.00000338. The lowest BCUT2D eigenvalue weighted by Crippen LogP contribution is -2.14. The van der Waals surface area contributed by atoms with Crippen LogP contribution in [0.25, 0.3) is 10.8 Å². The van der Waals surface area contributed by atoms with Crippen molar-refractivity contribution in [3.05, 3.63) is 47.0 Å². The molecule has 0 amide bonds. The molecule has 26 heavy (non-hydrogen) atoms. The Morgan fingerprint density at radius 3 is 2.15 bits per heavy atom. The Morgan fingerprint density at radius 2 is 1.50 bits per heavy atom. The molecule has 0 aliphatic rings. The predicted octanol–water partition coefficient (Wildman–Crippen LogP) is 7.53. The molecule has 0 heterocycles. The van der Waals surface area contributed by atoms with Crippen molar-refractivity contribution in [3.63, 3.8) is 0 Å². The van der Waals surface area contributed by atoms with Crippen molar-refractivity contribution in [2.75, 3.05) is 0 Å². The van der Waals surface area contributed by atoms with Gasteiger partial charge >= 0.3 is 0 Å². The number of hydrogen-bond acceptors (Lipinski definition) is 1. The summed E-state index contributed by atoms with van der Waals surface area (Å²) in [6.45, 7) is 6.81. The van der Waals surface area contributed by atoms with Crippen molar-refractivity contribution in [1.29, 1.82) is 0 Å². The minimum Gasteiger partial charge on any atom is -0.324 e. The van der Waals surface area contributed by atoms with Gasteiger partial charge in [0.2, 0.25) is 0 Å². The van der Waals surface area contributed by atoms with Gasteiger partial charge in [-0.25, -0.2) is 0 Å². The van der Waals surface area contributed by atoms with Gasteiger partial charge in [0.15, 0.2) is 0 Å². The van der Waals surface area contributed by atoms with Gasteiger partial charge in [0.05, 0.1) is 0 Å². The Kier molecular flexibility index (Phi) is 10.9. The van der Waals surface area contributed by atoms with Crippen molar-refractivity contribution in [2.45, 2.75) is 91.0 Å². The standard InChI is InChI=1S/C24H37N.ClH/c1-4-7-8-9-10-11-12-17-23(25)24-21(6-3)19(5-2)18-20-15-13-14-16-22(20)24;/h13-16,18,23H,4-12,17,25H2,1-3H3;1H. The number of rotatable bonds is 11. The molecule has 2 aromatic carbocycles. The van der Waals surface area contributed by atoms with Crippen LogP contribution >= 0.6 is 12.4 Å². The Hall–Kier alpha value is -1.05. The third-order valence-corrected chi connectivity index (χ3v) is 5.52. The van der Waals surface area contributed by atoms with Crippen molar-refractivity contribution < 1.29 is 0 Å². The molecule has 2 N–H and O–H groups in total. The number of benzene rings is 2. The molecule has 0 aromatic heterocycles. The maximum atomic E-state index is 6.72. The highest BCUT2D eigenvalue weighted by atomic mass is 35.5. The summed E-state index contributed by atoms with van der Waals surface area (Å²) in [6.07, 6.45) is 12.7. The maximum absolute atomic E-state index is 6.72. The van der Waals surface area contributed by atoms with E-state index in [9.17, 15) is 0 Å². The Bertz CT molecular complexity index is 650. The van der Waals surface area contributed by atoms with E-state index in [0.717, 1.165) is 19.3 Å². The molecule has 0 aliphatic heterocycles. The molecular formula is C24H38ClN. The van der Waals surface area contributed by atoms with Crippen LogP contribution in [0.1, 0.15) is 94.9 Å². The third kappa shape index (κ3) is 5.99. The van der Waals surface area contributed by atoms with Crippen LogP contribution in [-0.2, 0) is 12.8 Å². The molecule has 0 spiro atoms. The van der Waals surface area contributed by atoms with Crippen LogP contribution in [0, 0.1) is 0 Å². The van der Waals surface area contributed by atoms with Gasteiger partial charge in [0, 0.05) is 6.04 Å². The van der Waals surface area contributed by atoms with E-state index >= 15 is 0 Å². The van der Waals surface area contributed by atoms with E-state index < -0.39 is 0 Å². The molecule has 2 aromatic rings. The molecule has 0 fully saturated rings. The number of aryl methyl sites for hydroxylation is 1. The molecule has 2 rings (SSSR count). The van der Waals surface area contributed by atoms with Gasteiger partial charge in [-0.2, -0.15) is 0 Å². The fourth-order valence-corrected chi connectivity index (χ4v) is 4.10. The van der Waals surface area contributed by atoms with Crippen LogP contribution in [0.5, 0.6) is 0 Å². The maximum Gasteiger partial charge on any atom is 0.0303 e. The van der Waals surface area contributed by atoms with E-state index in [2.05, 4.69) is 51.1 Å². The molecule has 1 unspecified atom stereocenters. The first kappa shape index (κ1) is 23.0. The molecule has 0 bridgehead atoms. The van der Waals surface area contributed by atoms with Crippen LogP contribution in [0.15, 0.2) is 30.3 Å². The molecule has 0 saturated heterocycles. The lowest BCUT2D eigenvalue weighted by atomic mass is 9.86. The van der Waals surface area contributed by atoms with Gasteiger partial charge in [-0.15, -0.1) is 12.4 Å². The second-order valence-electron chi connectivity index (χ2n) is 7.37. The first-order valence-corrected chi connectivity index (χ1v) is 10.5. The van der Waals surface area contributed by atoms with Gasteiger partial charge in [-0.05, 0) is 46.7 Å². The summed E-state index contributed by atoms with van der Waals surface area (Å²) in [7, 11) is 0. The highest BCUT2D eigenvalue weighted by Gasteiger charge is 2.16. The van der Waals surface area contributed by atoms with E-state index in [1.807, 2.05) is 0 Å². The highest BCUT2D eigenvalue weighted by Crippen LogP contribution is 2.33. The summed E-state index contributed by atoms with van der Waals surface area (Å²) in [6, 6.07) is 11.3. The van der Waals surface area contributed by atoms with Gasteiger partial charge in [-0.1, -0.05) is 96.0 Å². The largest absolute Gasteiger partial charge is 0.324 e. The monoisotopic (exact) mass is 375 g/mol. The lowest BCUT2D eigenvalue weighted by Gasteiger charge is -2.22. The first-order valence-electron chi connectivity index (χ1n) is 10.5. The number of unbranched alkanes of at least 4 members (excludes halogenated alkanes) is 6. The Labute approximate surface area is 167 Å². The molecule has 0 radical (unpaired) electrons. The van der Waals surface area contributed by atoms with Gasteiger partial charge in [-0.3, -0.25) is 0 Å². The van der Waals surface area contributed by atoms with Crippen molar-refractivity contribution in [1.82, 2.24) is 0 Å². The minimum absolute atomic E-state index is 0. The van der Waals surface area contributed by atoms with Crippen molar-refractivity contribution >= 4 is 23.2 Å². The van der Waals surface area contributed by atoms with Gasteiger partial charge < -0.3 is 5.73 Å². The number of halogens is 1. The molecule has 1 nitrogen and oxygen atoms in total. The fraction of sp³-hybridized carbons (Fsp3) is 0.583. The van der Waals surface area contributed by atoms with Crippen LogP contribution < -0.4 is 5.73 Å². The summed E-state index contributed by atoms with van der Waals surface area (Å²) in [5.74, 6) is 0. The zero-order chi connectivity index (χ0) is 18.1. The van der Waals surface area contributed by atoms with Crippen LogP contribution in [0.3, 0.4) is 0 Å². The highest BCUT2D eigenvalue weighted by molar-refractivity contribution is 5.88. The number of nitrogens with two attached hydrogens (primary N) is 1. The summed E-state index contributed by atoms with van der Waals surface area (Å²) in [5.41, 5.74) is 11.1. The van der Waals surface area contributed by atoms with Crippen molar-refractivity contribution in [2.24, 2.45) is 5.73 Å². The fourth-order valence-electron chi connectivity index (χ4n) is 4.10. The van der Waals surface area contributed by atoms with Crippen LogP contribution in [-0.4, -0.2) is 0 Å². The van der Waals surface area contributed by atoms with Gasteiger partial charge in [0.1, 0.15) is 0 Å². The summed E-state index contributed by atoms with van der Waals surface area (Å²) in [4.78, 5) is 0. The van der Waals surface area contributed by atoms with Crippen LogP contribution in [0.4, 0.5) is 0 Å². The average Bonchev–Trinajstić information content (AvgIpc) is 2.65. The topological polar surface area (TPSA) is 26.0 Å². The zero-order valence-electron chi connectivity index (χ0n) is 17.0. The molecule has 0 saturated carbocycles. The van der Waals surface area contributed by atoms with E-state index in [1.54, 1.807) is 0 Å².